The quantitative estimate of drug-likeness (QED) is 0.820. The summed E-state index contributed by atoms with van der Waals surface area (Å²) in [4.78, 5) is 12.0. The standard InChI is InChI=1S/C12H15F3N2OS/c1-2-8(16)11(18)17-9-5-3-4-6-10(9)19-7-12(13,14)15/h3-6,8H,2,7,16H2,1H3,(H,17,18)/t8-/m1/s1. The van der Waals surface area contributed by atoms with E-state index in [1.54, 1.807) is 25.1 Å². The molecule has 0 aliphatic heterocycles. The van der Waals surface area contributed by atoms with Crippen LogP contribution in [0.4, 0.5) is 18.9 Å². The van der Waals surface area contributed by atoms with Gasteiger partial charge in [-0.3, -0.25) is 4.79 Å². The molecule has 1 rings (SSSR count). The van der Waals surface area contributed by atoms with Gasteiger partial charge in [0.15, 0.2) is 0 Å². The molecule has 0 saturated heterocycles. The van der Waals surface area contributed by atoms with Crippen molar-refractivity contribution in [3.05, 3.63) is 24.3 Å². The van der Waals surface area contributed by atoms with Gasteiger partial charge in [-0.05, 0) is 18.6 Å². The predicted octanol–water partition coefficient (Wildman–Crippen LogP) is 3.02. The maximum atomic E-state index is 12.2. The van der Waals surface area contributed by atoms with Crippen molar-refractivity contribution in [1.82, 2.24) is 0 Å². The first-order valence-corrected chi connectivity index (χ1v) is 6.67. The Morgan fingerprint density at radius 3 is 2.63 bits per heavy atom. The van der Waals surface area contributed by atoms with E-state index in [9.17, 15) is 18.0 Å². The second-order valence-corrected chi connectivity index (χ2v) is 4.92. The smallest absolute Gasteiger partial charge is 0.324 e. The van der Waals surface area contributed by atoms with Crippen molar-refractivity contribution < 1.29 is 18.0 Å². The lowest BCUT2D eigenvalue weighted by Gasteiger charge is -2.14. The Labute approximate surface area is 113 Å². The van der Waals surface area contributed by atoms with Crippen molar-refractivity contribution in [3.63, 3.8) is 0 Å². The summed E-state index contributed by atoms with van der Waals surface area (Å²) in [7, 11) is 0. The first-order valence-electron chi connectivity index (χ1n) is 5.68. The van der Waals surface area contributed by atoms with Crippen LogP contribution in [0.25, 0.3) is 0 Å². The number of para-hydroxylation sites is 1. The Kier molecular flexibility index (Phi) is 5.68. The second kappa shape index (κ2) is 6.81. The van der Waals surface area contributed by atoms with Crippen molar-refractivity contribution in [2.24, 2.45) is 5.73 Å². The predicted molar refractivity (Wildman–Crippen MR) is 70.1 cm³/mol. The van der Waals surface area contributed by atoms with Crippen molar-refractivity contribution >= 4 is 23.4 Å². The van der Waals surface area contributed by atoms with E-state index in [4.69, 9.17) is 5.73 Å². The van der Waals surface area contributed by atoms with Gasteiger partial charge in [0.2, 0.25) is 5.91 Å². The number of nitrogens with two attached hydrogens (primary N) is 1. The fraction of sp³-hybridized carbons (Fsp3) is 0.417. The number of amides is 1. The van der Waals surface area contributed by atoms with Gasteiger partial charge in [0, 0.05) is 4.90 Å². The summed E-state index contributed by atoms with van der Waals surface area (Å²) in [5, 5.41) is 2.55. The average Bonchev–Trinajstić information content (AvgIpc) is 2.35. The van der Waals surface area contributed by atoms with Gasteiger partial charge in [-0.2, -0.15) is 13.2 Å². The van der Waals surface area contributed by atoms with Gasteiger partial charge in [-0.15, -0.1) is 11.8 Å². The number of rotatable bonds is 5. The number of carbonyl (C=O) groups excluding carboxylic acids is 1. The van der Waals surface area contributed by atoms with Crippen LogP contribution in [0.1, 0.15) is 13.3 Å². The summed E-state index contributed by atoms with van der Waals surface area (Å²) < 4.78 is 36.6. The molecule has 0 aliphatic rings. The largest absolute Gasteiger partial charge is 0.398 e. The van der Waals surface area contributed by atoms with Crippen LogP contribution in [-0.4, -0.2) is 23.9 Å². The molecule has 0 fully saturated rings. The van der Waals surface area contributed by atoms with Gasteiger partial charge in [0.25, 0.3) is 0 Å². The number of anilines is 1. The maximum absolute atomic E-state index is 12.2. The van der Waals surface area contributed by atoms with Crippen LogP contribution in [0.3, 0.4) is 0 Å². The molecule has 1 aromatic rings. The molecule has 7 heteroatoms. The van der Waals surface area contributed by atoms with Gasteiger partial charge < -0.3 is 11.1 Å². The molecular weight excluding hydrogens is 277 g/mol. The molecule has 0 heterocycles. The van der Waals surface area contributed by atoms with Gasteiger partial charge in [-0.1, -0.05) is 19.1 Å². The summed E-state index contributed by atoms with van der Waals surface area (Å²) in [6.07, 6.45) is -3.79. The summed E-state index contributed by atoms with van der Waals surface area (Å²) >= 11 is 0.635. The molecular formula is C12H15F3N2OS. The van der Waals surface area contributed by atoms with Gasteiger partial charge >= 0.3 is 6.18 Å². The molecule has 3 nitrogen and oxygen atoms in total. The van der Waals surface area contributed by atoms with Crippen LogP contribution >= 0.6 is 11.8 Å². The summed E-state index contributed by atoms with van der Waals surface area (Å²) in [5.74, 6) is -1.40. The molecule has 0 radical (unpaired) electrons. The molecule has 0 spiro atoms. The van der Waals surface area contributed by atoms with Crippen LogP contribution in [0, 0.1) is 0 Å². The van der Waals surface area contributed by atoms with Gasteiger partial charge in [0.05, 0.1) is 17.5 Å². The molecule has 3 N–H and O–H groups in total. The molecule has 1 atom stereocenters. The van der Waals surface area contributed by atoms with Crippen molar-refractivity contribution in [2.75, 3.05) is 11.1 Å². The van der Waals surface area contributed by atoms with E-state index < -0.39 is 23.9 Å². The Balaban J connectivity index is 2.76. The normalized spacial score (nSPS) is 13.1. The Bertz CT molecular complexity index is 437. The topological polar surface area (TPSA) is 55.1 Å². The molecule has 106 valence electrons. The Morgan fingerprint density at radius 2 is 2.05 bits per heavy atom. The lowest BCUT2D eigenvalue weighted by molar-refractivity contribution is -0.117. The van der Waals surface area contributed by atoms with E-state index in [1.165, 1.54) is 6.07 Å². The third-order valence-electron chi connectivity index (χ3n) is 2.31. The molecule has 0 unspecified atom stereocenters. The summed E-state index contributed by atoms with van der Waals surface area (Å²) in [5.41, 5.74) is 5.91. The minimum Gasteiger partial charge on any atom is -0.324 e. The maximum Gasteiger partial charge on any atom is 0.398 e. The van der Waals surface area contributed by atoms with Crippen LogP contribution < -0.4 is 11.1 Å². The lowest BCUT2D eigenvalue weighted by Crippen LogP contribution is -2.34. The first kappa shape index (κ1) is 15.8. The van der Waals surface area contributed by atoms with E-state index in [-0.39, 0.29) is 0 Å². The Hall–Kier alpha value is -1.21. The summed E-state index contributed by atoms with van der Waals surface area (Å²) in [6, 6.07) is 5.68. The number of benzene rings is 1. The highest BCUT2D eigenvalue weighted by Crippen LogP contribution is 2.32. The highest BCUT2D eigenvalue weighted by Gasteiger charge is 2.27. The fourth-order valence-electron chi connectivity index (χ4n) is 1.27. The number of carbonyl (C=O) groups is 1. The van der Waals surface area contributed by atoms with E-state index in [1.807, 2.05) is 0 Å². The number of hydrogen-bond acceptors (Lipinski definition) is 3. The highest BCUT2D eigenvalue weighted by molar-refractivity contribution is 7.99. The average molecular weight is 292 g/mol. The van der Waals surface area contributed by atoms with Crippen LogP contribution in [0.15, 0.2) is 29.2 Å². The zero-order valence-electron chi connectivity index (χ0n) is 10.3. The molecule has 1 aromatic carbocycles. The van der Waals surface area contributed by atoms with Crippen LogP contribution in [0.5, 0.6) is 0 Å². The lowest BCUT2D eigenvalue weighted by atomic mass is 10.2. The third kappa shape index (κ3) is 5.52. The van der Waals surface area contributed by atoms with E-state index in [0.29, 0.717) is 28.8 Å². The number of nitrogens with one attached hydrogen (secondary N) is 1. The van der Waals surface area contributed by atoms with Gasteiger partial charge in [-0.25, -0.2) is 0 Å². The van der Waals surface area contributed by atoms with Crippen molar-refractivity contribution in [2.45, 2.75) is 30.5 Å². The first-order chi connectivity index (χ1) is 8.83. The fourth-order valence-corrected chi connectivity index (χ4v) is 2.03. The van der Waals surface area contributed by atoms with Gasteiger partial charge in [0.1, 0.15) is 0 Å². The molecule has 0 aliphatic carbocycles. The van der Waals surface area contributed by atoms with E-state index >= 15 is 0 Å². The molecule has 0 bridgehead atoms. The van der Waals surface area contributed by atoms with Crippen molar-refractivity contribution in [3.8, 4) is 0 Å². The Morgan fingerprint density at radius 1 is 1.42 bits per heavy atom. The summed E-state index contributed by atoms with van der Waals surface area (Å²) in [6.45, 7) is 1.76. The van der Waals surface area contributed by atoms with Crippen LogP contribution in [-0.2, 0) is 4.79 Å². The minimum absolute atomic E-state index is 0.352. The second-order valence-electron chi connectivity index (χ2n) is 3.90. The monoisotopic (exact) mass is 292 g/mol. The zero-order chi connectivity index (χ0) is 14.5. The third-order valence-corrected chi connectivity index (χ3v) is 3.45. The van der Waals surface area contributed by atoms with E-state index in [0.717, 1.165) is 0 Å². The molecule has 19 heavy (non-hydrogen) atoms. The SMILES string of the molecule is CC[C@@H](N)C(=O)Nc1ccccc1SCC(F)(F)F. The molecule has 0 saturated carbocycles. The minimum atomic E-state index is -4.25. The number of hydrogen-bond donors (Lipinski definition) is 2. The highest BCUT2D eigenvalue weighted by atomic mass is 32.2. The molecule has 0 aromatic heterocycles. The van der Waals surface area contributed by atoms with Crippen LogP contribution in [0.2, 0.25) is 0 Å². The zero-order valence-corrected chi connectivity index (χ0v) is 11.1. The number of thioether (sulfide) groups is 1. The van der Waals surface area contributed by atoms with Crippen molar-refractivity contribution in [1.29, 1.82) is 0 Å². The number of halogens is 3. The number of alkyl halides is 3. The molecule has 1 amide bonds. The van der Waals surface area contributed by atoms with E-state index in [2.05, 4.69) is 5.32 Å².